The Morgan fingerprint density at radius 3 is 2.11 bits per heavy atom. The van der Waals surface area contributed by atoms with Crippen molar-refractivity contribution in [2.24, 2.45) is 0 Å². The highest BCUT2D eigenvalue weighted by atomic mass is 16.5. The fraction of sp³-hybridized carbons (Fsp3) is 0.261. The Hall–Kier alpha value is -2.53. The molecule has 2 heterocycles. The molecule has 1 N–H and O–H groups in total. The minimum Gasteiger partial charge on any atom is -0.379 e. The third-order valence-corrected chi connectivity index (χ3v) is 5.19. The molecule has 0 aliphatic carbocycles. The van der Waals surface area contributed by atoms with Gasteiger partial charge in [-0.05, 0) is 23.3 Å². The predicted molar refractivity (Wildman–Crippen MR) is 105 cm³/mol. The molecule has 138 valence electrons. The number of rotatable bonds is 5. The lowest BCUT2D eigenvalue weighted by molar-refractivity contribution is -0.0638. The van der Waals surface area contributed by atoms with E-state index in [4.69, 9.17) is 4.74 Å². The van der Waals surface area contributed by atoms with Crippen molar-refractivity contribution in [3.05, 3.63) is 102 Å². The lowest BCUT2D eigenvalue weighted by Crippen LogP contribution is -2.49. The van der Waals surface area contributed by atoms with Crippen molar-refractivity contribution in [3.8, 4) is 0 Å². The first kappa shape index (κ1) is 17.9. The molecule has 3 aromatic rings. The number of ether oxygens (including phenoxy) is 1. The van der Waals surface area contributed by atoms with Gasteiger partial charge in [0.2, 0.25) is 0 Å². The Balaban J connectivity index is 1.91. The van der Waals surface area contributed by atoms with Crippen molar-refractivity contribution in [1.82, 2.24) is 9.88 Å². The summed E-state index contributed by atoms with van der Waals surface area (Å²) in [6.07, 6.45) is 1.74. The summed E-state index contributed by atoms with van der Waals surface area (Å²) in [6, 6.07) is 25.5. The van der Waals surface area contributed by atoms with Gasteiger partial charge in [-0.25, -0.2) is 0 Å². The molecule has 0 radical (unpaired) electrons. The van der Waals surface area contributed by atoms with Crippen molar-refractivity contribution < 1.29 is 9.84 Å². The molecular weight excluding hydrogens is 336 g/mol. The van der Waals surface area contributed by atoms with Crippen LogP contribution in [-0.2, 0) is 10.3 Å². The van der Waals surface area contributed by atoms with Crippen LogP contribution in [0.15, 0.2) is 85.1 Å². The van der Waals surface area contributed by atoms with Crippen molar-refractivity contribution in [2.45, 2.75) is 11.6 Å². The Bertz CT molecular complexity index is 795. The van der Waals surface area contributed by atoms with E-state index in [9.17, 15) is 5.11 Å². The van der Waals surface area contributed by atoms with Crippen LogP contribution >= 0.6 is 0 Å². The van der Waals surface area contributed by atoms with E-state index < -0.39 is 5.60 Å². The Morgan fingerprint density at radius 2 is 1.48 bits per heavy atom. The number of hydrogen-bond donors (Lipinski definition) is 1. The molecule has 4 nitrogen and oxygen atoms in total. The van der Waals surface area contributed by atoms with Gasteiger partial charge in [-0.1, -0.05) is 66.7 Å². The van der Waals surface area contributed by atoms with Crippen molar-refractivity contribution in [1.29, 1.82) is 0 Å². The van der Waals surface area contributed by atoms with E-state index in [0.29, 0.717) is 18.9 Å². The highest BCUT2D eigenvalue weighted by molar-refractivity contribution is 5.38. The average Bonchev–Trinajstić information content (AvgIpc) is 2.76. The van der Waals surface area contributed by atoms with Crippen LogP contribution in [0.2, 0.25) is 0 Å². The van der Waals surface area contributed by atoms with E-state index in [1.54, 1.807) is 6.20 Å². The summed E-state index contributed by atoms with van der Waals surface area (Å²) >= 11 is 0. The molecule has 2 atom stereocenters. The van der Waals surface area contributed by atoms with Crippen LogP contribution in [0.3, 0.4) is 0 Å². The van der Waals surface area contributed by atoms with E-state index in [-0.39, 0.29) is 6.04 Å². The second kappa shape index (κ2) is 8.01. The molecule has 1 aromatic heterocycles. The van der Waals surface area contributed by atoms with Crippen LogP contribution in [0.25, 0.3) is 0 Å². The first-order chi connectivity index (χ1) is 13.3. The van der Waals surface area contributed by atoms with Gasteiger partial charge in [-0.3, -0.25) is 9.88 Å². The molecule has 4 rings (SSSR count). The summed E-state index contributed by atoms with van der Waals surface area (Å²) in [5.41, 5.74) is 1.28. The average molecular weight is 360 g/mol. The highest BCUT2D eigenvalue weighted by Crippen LogP contribution is 2.43. The molecule has 4 heteroatoms. The van der Waals surface area contributed by atoms with Crippen LogP contribution in [0.5, 0.6) is 0 Å². The number of hydrogen-bond acceptors (Lipinski definition) is 4. The second-order valence-corrected chi connectivity index (χ2v) is 6.81. The number of aliphatic hydroxyl groups is 1. The maximum Gasteiger partial charge on any atom is 0.151 e. The molecule has 2 aromatic carbocycles. The van der Waals surface area contributed by atoms with E-state index in [0.717, 1.165) is 24.2 Å². The number of pyridine rings is 1. The van der Waals surface area contributed by atoms with Crippen LogP contribution < -0.4 is 0 Å². The van der Waals surface area contributed by atoms with Crippen LogP contribution in [0.4, 0.5) is 0 Å². The van der Waals surface area contributed by atoms with E-state index in [1.165, 1.54) is 0 Å². The van der Waals surface area contributed by atoms with E-state index in [1.807, 2.05) is 66.7 Å². The molecule has 0 unspecified atom stereocenters. The minimum atomic E-state index is -1.28. The number of aromatic nitrogens is 1. The zero-order valence-corrected chi connectivity index (χ0v) is 15.2. The second-order valence-electron chi connectivity index (χ2n) is 6.81. The summed E-state index contributed by atoms with van der Waals surface area (Å²) < 4.78 is 5.57. The van der Waals surface area contributed by atoms with Gasteiger partial charge in [-0.15, -0.1) is 0 Å². The van der Waals surface area contributed by atoms with Gasteiger partial charge in [0.05, 0.1) is 24.9 Å². The fourth-order valence-corrected chi connectivity index (χ4v) is 3.91. The molecule has 0 saturated carbocycles. The van der Waals surface area contributed by atoms with Gasteiger partial charge in [-0.2, -0.15) is 0 Å². The molecule has 0 bridgehead atoms. The van der Waals surface area contributed by atoms with Crippen LogP contribution in [0, 0.1) is 0 Å². The predicted octanol–water partition coefficient (Wildman–Crippen LogP) is 3.39. The van der Waals surface area contributed by atoms with Gasteiger partial charge >= 0.3 is 0 Å². The third kappa shape index (κ3) is 3.52. The quantitative estimate of drug-likeness (QED) is 0.758. The molecule has 1 aliphatic heterocycles. The molecule has 1 aliphatic rings. The summed E-state index contributed by atoms with van der Waals surface area (Å²) in [5.74, 6) is 0. The minimum absolute atomic E-state index is 0.264. The summed E-state index contributed by atoms with van der Waals surface area (Å²) in [5, 5.41) is 12.3. The summed E-state index contributed by atoms with van der Waals surface area (Å²) in [7, 11) is 0. The normalized spacial score (nSPS) is 18.6. The monoisotopic (exact) mass is 360 g/mol. The first-order valence-electron chi connectivity index (χ1n) is 9.36. The lowest BCUT2D eigenvalue weighted by atomic mass is 9.78. The van der Waals surface area contributed by atoms with Crippen LogP contribution in [0.1, 0.15) is 22.9 Å². The van der Waals surface area contributed by atoms with E-state index >= 15 is 0 Å². The smallest absolute Gasteiger partial charge is 0.151 e. The van der Waals surface area contributed by atoms with Crippen LogP contribution in [-0.4, -0.2) is 41.3 Å². The zero-order valence-electron chi connectivity index (χ0n) is 15.2. The standard InChI is InChI=1S/C23H24N2O2/c26-23(20-11-5-2-6-12-20,21-13-7-8-14-24-21)22(19-9-3-1-4-10-19)25-15-17-27-18-16-25/h1-14,22,26H,15-18H2/t22-,23-/m0/s1. The fourth-order valence-electron chi connectivity index (χ4n) is 3.91. The largest absolute Gasteiger partial charge is 0.379 e. The lowest BCUT2D eigenvalue weighted by Gasteiger charge is -2.44. The molecule has 1 fully saturated rings. The number of morpholine rings is 1. The SMILES string of the molecule is O[C@@](c1ccccc1)(c1ccccn1)[C@H](c1ccccc1)N1CCOCC1. The highest BCUT2D eigenvalue weighted by Gasteiger charge is 2.45. The van der Waals surface area contributed by atoms with E-state index in [2.05, 4.69) is 22.0 Å². The van der Waals surface area contributed by atoms with Crippen molar-refractivity contribution >= 4 is 0 Å². The zero-order chi connectivity index (χ0) is 18.5. The summed E-state index contributed by atoms with van der Waals surface area (Å²) in [4.78, 5) is 6.87. The van der Waals surface area contributed by atoms with Gasteiger partial charge < -0.3 is 9.84 Å². The van der Waals surface area contributed by atoms with Gasteiger partial charge in [0.25, 0.3) is 0 Å². The van der Waals surface area contributed by atoms with Gasteiger partial charge in [0.1, 0.15) is 0 Å². The Labute approximate surface area is 160 Å². The number of benzene rings is 2. The molecule has 27 heavy (non-hydrogen) atoms. The molecule has 1 saturated heterocycles. The summed E-state index contributed by atoms with van der Waals surface area (Å²) in [6.45, 7) is 2.86. The Kier molecular flexibility index (Phi) is 5.30. The molecule has 0 spiro atoms. The maximum atomic E-state index is 12.3. The molecular formula is C23H24N2O2. The topological polar surface area (TPSA) is 45.6 Å². The first-order valence-corrected chi connectivity index (χ1v) is 9.36. The third-order valence-electron chi connectivity index (χ3n) is 5.19. The molecule has 0 amide bonds. The Morgan fingerprint density at radius 1 is 0.852 bits per heavy atom. The maximum absolute atomic E-state index is 12.3. The number of nitrogens with zero attached hydrogens (tertiary/aromatic N) is 2. The van der Waals surface area contributed by atoms with Gasteiger partial charge in [0, 0.05) is 19.3 Å². The van der Waals surface area contributed by atoms with Crippen molar-refractivity contribution in [2.75, 3.05) is 26.3 Å². The van der Waals surface area contributed by atoms with Crippen molar-refractivity contribution in [3.63, 3.8) is 0 Å². The van der Waals surface area contributed by atoms with Gasteiger partial charge in [0.15, 0.2) is 5.60 Å².